The van der Waals surface area contributed by atoms with E-state index in [4.69, 9.17) is 18.0 Å². The SMILES string of the molecule is CCC(CC)(NC(=O)c1ccc(F)cc1I)C(N)=S. The van der Waals surface area contributed by atoms with Crippen molar-refractivity contribution in [3.8, 4) is 0 Å². The second-order valence-electron chi connectivity index (χ2n) is 4.23. The molecule has 0 saturated carbocycles. The van der Waals surface area contributed by atoms with Gasteiger partial charge in [0.25, 0.3) is 5.91 Å². The molecule has 0 atom stereocenters. The lowest BCUT2D eigenvalue weighted by molar-refractivity contribution is 0.0919. The Kier molecular flexibility index (Phi) is 5.66. The van der Waals surface area contributed by atoms with E-state index >= 15 is 0 Å². The van der Waals surface area contributed by atoms with Gasteiger partial charge in [-0.25, -0.2) is 4.39 Å². The molecule has 1 aromatic carbocycles. The fourth-order valence-corrected chi connectivity index (χ4v) is 2.86. The first kappa shape index (κ1) is 16.3. The summed E-state index contributed by atoms with van der Waals surface area (Å²) in [5, 5.41) is 2.87. The molecule has 6 heteroatoms. The monoisotopic (exact) mass is 394 g/mol. The molecule has 0 spiro atoms. The van der Waals surface area contributed by atoms with Crippen LogP contribution in [-0.4, -0.2) is 16.4 Å². The molecule has 1 aromatic rings. The molecule has 3 N–H and O–H groups in total. The summed E-state index contributed by atoms with van der Waals surface area (Å²) >= 11 is 6.98. The summed E-state index contributed by atoms with van der Waals surface area (Å²) in [5.74, 6) is -0.659. The molecule has 0 aliphatic heterocycles. The van der Waals surface area contributed by atoms with Crippen molar-refractivity contribution in [1.82, 2.24) is 5.32 Å². The van der Waals surface area contributed by atoms with Gasteiger partial charge in [0.2, 0.25) is 0 Å². The average molecular weight is 394 g/mol. The van der Waals surface area contributed by atoms with Crippen molar-refractivity contribution in [2.75, 3.05) is 0 Å². The average Bonchev–Trinajstić information content (AvgIpc) is 2.35. The molecule has 3 nitrogen and oxygen atoms in total. The number of hydrogen-bond acceptors (Lipinski definition) is 2. The molecule has 0 aliphatic rings. The molecule has 0 saturated heterocycles. The highest BCUT2D eigenvalue weighted by Gasteiger charge is 2.32. The molecule has 0 unspecified atom stereocenters. The number of thiocarbonyl (C=S) groups is 1. The number of rotatable bonds is 5. The molecule has 0 aromatic heterocycles. The van der Waals surface area contributed by atoms with Crippen LogP contribution in [-0.2, 0) is 0 Å². The minimum atomic E-state index is -0.691. The lowest BCUT2D eigenvalue weighted by Gasteiger charge is -2.31. The lowest BCUT2D eigenvalue weighted by atomic mass is 9.92. The predicted molar refractivity (Wildman–Crippen MR) is 86.7 cm³/mol. The van der Waals surface area contributed by atoms with E-state index in [0.29, 0.717) is 22.0 Å². The molecule has 104 valence electrons. The maximum atomic E-state index is 13.0. The number of nitrogens with one attached hydrogen (secondary N) is 1. The van der Waals surface area contributed by atoms with Crippen LogP contribution in [0.4, 0.5) is 4.39 Å². The van der Waals surface area contributed by atoms with Crippen LogP contribution in [0.5, 0.6) is 0 Å². The van der Waals surface area contributed by atoms with Gasteiger partial charge in [-0.15, -0.1) is 0 Å². The van der Waals surface area contributed by atoms with Gasteiger partial charge in [-0.1, -0.05) is 26.1 Å². The summed E-state index contributed by atoms with van der Waals surface area (Å²) < 4.78 is 13.6. The minimum Gasteiger partial charge on any atom is -0.391 e. The van der Waals surface area contributed by atoms with Crippen molar-refractivity contribution in [2.45, 2.75) is 32.2 Å². The van der Waals surface area contributed by atoms with Crippen molar-refractivity contribution in [1.29, 1.82) is 0 Å². The Hall–Kier alpha value is -0.760. The number of nitrogens with two attached hydrogens (primary N) is 1. The third kappa shape index (κ3) is 3.62. The first-order valence-electron chi connectivity index (χ1n) is 5.93. The van der Waals surface area contributed by atoms with Crippen LogP contribution in [0.2, 0.25) is 0 Å². The molecule has 19 heavy (non-hydrogen) atoms. The molecule has 0 heterocycles. The number of amides is 1. The third-order valence-electron chi connectivity index (χ3n) is 3.21. The number of hydrogen-bond donors (Lipinski definition) is 2. The highest BCUT2D eigenvalue weighted by Crippen LogP contribution is 2.19. The van der Waals surface area contributed by atoms with E-state index < -0.39 is 5.54 Å². The van der Waals surface area contributed by atoms with Crippen molar-refractivity contribution in [3.63, 3.8) is 0 Å². The smallest absolute Gasteiger partial charge is 0.253 e. The van der Waals surface area contributed by atoms with Crippen molar-refractivity contribution < 1.29 is 9.18 Å². The molecular weight excluding hydrogens is 378 g/mol. The van der Waals surface area contributed by atoms with Gasteiger partial charge in [0.05, 0.1) is 16.1 Å². The highest BCUT2D eigenvalue weighted by molar-refractivity contribution is 14.1. The Labute approximate surface area is 131 Å². The summed E-state index contributed by atoms with van der Waals surface area (Å²) in [6, 6.07) is 4.04. The predicted octanol–water partition coefficient (Wildman–Crippen LogP) is 3.01. The van der Waals surface area contributed by atoms with Crippen molar-refractivity contribution in [3.05, 3.63) is 33.1 Å². The standard InChI is InChI=1S/C13H16FIN2OS/c1-3-13(4-2,12(16)19)17-11(18)9-6-5-8(14)7-10(9)15/h5-7H,3-4H2,1-2H3,(H2,16,19)(H,17,18). The Morgan fingerprint density at radius 3 is 2.47 bits per heavy atom. The summed E-state index contributed by atoms with van der Waals surface area (Å²) in [5.41, 5.74) is 5.47. The Balaban J connectivity index is 3.04. The van der Waals surface area contributed by atoms with Gasteiger partial charge >= 0.3 is 0 Å². The maximum absolute atomic E-state index is 13.0. The van der Waals surface area contributed by atoms with Crippen LogP contribution in [0.3, 0.4) is 0 Å². The Morgan fingerprint density at radius 2 is 2.05 bits per heavy atom. The Morgan fingerprint density at radius 1 is 1.47 bits per heavy atom. The van der Waals surface area contributed by atoms with Gasteiger partial charge in [0.15, 0.2) is 0 Å². The number of carbonyl (C=O) groups is 1. The fourth-order valence-electron chi connectivity index (χ4n) is 1.80. The zero-order chi connectivity index (χ0) is 14.6. The zero-order valence-corrected chi connectivity index (χ0v) is 13.8. The van der Waals surface area contributed by atoms with Gasteiger partial charge in [0.1, 0.15) is 5.82 Å². The second kappa shape index (κ2) is 6.60. The zero-order valence-electron chi connectivity index (χ0n) is 10.8. The molecule has 0 aliphatic carbocycles. The van der Waals surface area contributed by atoms with Gasteiger partial charge < -0.3 is 11.1 Å². The largest absolute Gasteiger partial charge is 0.391 e. The van der Waals surface area contributed by atoms with Crippen molar-refractivity contribution in [2.24, 2.45) is 5.73 Å². The molecule has 0 fully saturated rings. The number of carbonyl (C=O) groups excluding carboxylic acids is 1. The van der Waals surface area contributed by atoms with Crippen molar-refractivity contribution >= 4 is 45.7 Å². The first-order chi connectivity index (χ1) is 8.86. The fraction of sp³-hybridized carbons (Fsp3) is 0.385. The third-order valence-corrected chi connectivity index (χ3v) is 4.49. The van der Waals surface area contributed by atoms with Gasteiger partial charge in [0, 0.05) is 3.57 Å². The maximum Gasteiger partial charge on any atom is 0.253 e. The highest BCUT2D eigenvalue weighted by atomic mass is 127. The molecule has 0 bridgehead atoms. The van der Waals surface area contributed by atoms with Gasteiger partial charge in [-0.05, 0) is 53.6 Å². The number of halogens is 2. The Bertz CT molecular complexity index is 503. The summed E-state index contributed by atoms with van der Waals surface area (Å²) in [6.07, 6.45) is 1.23. The summed E-state index contributed by atoms with van der Waals surface area (Å²) in [6.45, 7) is 3.83. The topological polar surface area (TPSA) is 55.1 Å². The van der Waals surface area contributed by atoms with Crippen LogP contribution in [0, 0.1) is 9.39 Å². The summed E-state index contributed by atoms with van der Waals surface area (Å²) in [4.78, 5) is 12.5. The minimum absolute atomic E-state index is 0.267. The van der Waals surface area contributed by atoms with E-state index in [2.05, 4.69) is 5.32 Å². The van der Waals surface area contributed by atoms with E-state index in [-0.39, 0.29) is 16.7 Å². The van der Waals surface area contributed by atoms with Gasteiger partial charge in [-0.2, -0.15) is 0 Å². The van der Waals surface area contributed by atoms with E-state index in [1.807, 2.05) is 36.4 Å². The van der Waals surface area contributed by atoms with Crippen LogP contribution >= 0.6 is 34.8 Å². The van der Waals surface area contributed by atoms with Crippen LogP contribution < -0.4 is 11.1 Å². The molecular formula is C13H16FIN2OS. The molecule has 0 radical (unpaired) electrons. The number of benzene rings is 1. The molecule has 1 rings (SSSR count). The van der Waals surface area contributed by atoms with E-state index in [1.54, 1.807) is 0 Å². The van der Waals surface area contributed by atoms with Crippen LogP contribution in [0.15, 0.2) is 18.2 Å². The quantitative estimate of drug-likeness (QED) is 0.597. The lowest BCUT2D eigenvalue weighted by Crippen LogP contribution is -2.56. The molecule has 1 amide bonds. The van der Waals surface area contributed by atoms with Gasteiger partial charge in [-0.3, -0.25) is 4.79 Å². The second-order valence-corrected chi connectivity index (χ2v) is 5.83. The first-order valence-corrected chi connectivity index (χ1v) is 7.42. The normalized spacial score (nSPS) is 11.2. The van der Waals surface area contributed by atoms with Crippen LogP contribution in [0.25, 0.3) is 0 Å². The van der Waals surface area contributed by atoms with E-state index in [1.165, 1.54) is 18.2 Å². The summed E-state index contributed by atoms with van der Waals surface area (Å²) in [7, 11) is 0. The van der Waals surface area contributed by atoms with E-state index in [9.17, 15) is 9.18 Å². The van der Waals surface area contributed by atoms with Crippen LogP contribution in [0.1, 0.15) is 37.0 Å². The van der Waals surface area contributed by atoms with E-state index in [0.717, 1.165) is 0 Å².